The first-order valence-electron chi connectivity index (χ1n) is 7.63. The van der Waals surface area contributed by atoms with Gasteiger partial charge in [-0.25, -0.2) is 9.59 Å². The molecule has 26 heavy (non-hydrogen) atoms. The normalized spacial score (nSPS) is 18.0. The maximum atomic E-state index is 12.7. The van der Waals surface area contributed by atoms with Crippen molar-refractivity contribution in [2.45, 2.75) is 6.10 Å². The Morgan fingerprint density at radius 1 is 0.808 bits per heavy atom. The summed E-state index contributed by atoms with van der Waals surface area (Å²) < 4.78 is 9.41. The minimum Gasteiger partial charge on any atom is -0.386 e. The van der Waals surface area contributed by atoms with Gasteiger partial charge in [0.15, 0.2) is 23.5 Å². The summed E-state index contributed by atoms with van der Waals surface area (Å²) in [5.74, 6) is -2.95. The van der Waals surface area contributed by atoms with E-state index in [1.807, 2.05) is 0 Å². The van der Waals surface area contributed by atoms with Crippen molar-refractivity contribution < 1.29 is 33.4 Å². The maximum absolute atomic E-state index is 12.7. The van der Waals surface area contributed by atoms with E-state index in [1.54, 1.807) is 0 Å². The van der Waals surface area contributed by atoms with Crippen LogP contribution in [0.25, 0.3) is 0 Å². The number of hydrogen-bond acceptors (Lipinski definition) is 7. The molecule has 2 aliphatic rings. The number of methoxy groups -OCH3 is 1. The van der Waals surface area contributed by atoms with Crippen LogP contribution in [0.15, 0.2) is 36.4 Å². The molecule has 128 valence electrons. The Balaban J connectivity index is 1.73. The predicted octanol–water partition coefficient (Wildman–Crippen LogP) is 1.62. The second kappa shape index (κ2) is 5.53. The zero-order chi connectivity index (χ0) is 18.6. The van der Waals surface area contributed by atoms with Gasteiger partial charge in [0.2, 0.25) is 0 Å². The largest absolute Gasteiger partial charge is 0.386 e. The molecule has 1 heterocycles. The van der Waals surface area contributed by atoms with Crippen LogP contribution in [0.2, 0.25) is 0 Å². The Kier molecular flexibility index (Phi) is 3.41. The molecule has 1 aliphatic heterocycles. The van der Waals surface area contributed by atoms with Gasteiger partial charge in [0.05, 0.1) is 11.1 Å². The number of hydrogen-bond donors (Lipinski definition) is 0. The lowest BCUT2D eigenvalue weighted by molar-refractivity contribution is 0.0442. The van der Waals surface area contributed by atoms with Gasteiger partial charge in [0, 0.05) is 29.4 Å². The molecule has 1 atom stereocenters. The number of rotatable bonds is 3. The Labute approximate surface area is 146 Å². The monoisotopic (exact) mass is 350 g/mol. The fourth-order valence-electron chi connectivity index (χ4n) is 3.11. The molecule has 0 aromatic heterocycles. The number of esters is 2. The van der Waals surface area contributed by atoms with Crippen LogP contribution in [0.4, 0.5) is 0 Å². The lowest BCUT2D eigenvalue weighted by Crippen LogP contribution is -2.23. The average molecular weight is 350 g/mol. The Morgan fingerprint density at radius 2 is 1.35 bits per heavy atom. The standard InChI is InChI=1S/C19H10O7/c1-25-17-15(21)10-4-2-8(6-12(10)16(17)22)14(20)9-3-5-11-13(7-9)19(24)26-18(11)23/h2-7,17H,1H3. The van der Waals surface area contributed by atoms with E-state index in [-0.39, 0.29) is 33.4 Å². The third-order valence-electron chi connectivity index (χ3n) is 4.43. The smallest absolute Gasteiger partial charge is 0.346 e. The molecule has 1 unspecified atom stereocenters. The SMILES string of the molecule is COC1C(=O)c2ccc(C(=O)c3ccc4c(c3)C(=O)OC4=O)cc2C1=O. The van der Waals surface area contributed by atoms with Gasteiger partial charge in [-0.05, 0) is 24.3 Å². The van der Waals surface area contributed by atoms with Gasteiger partial charge in [0.25, 0.3) is 0 Å². The van der Waals surface area contributed by atoms with Crippen LogP contribution in [0.1, 0.15) is 57.4 Å². The lowest BCUT2D eigenvalue weighted by Gasteiger charge is -2.04. The fourth-order valence-corrected chi connectivity index (χ4v) is 3.11. The number of ketones is 3. The van der Waals surface area contributed by atoms with E-state index >= 15 is 0 Å². The van der Waals surface area contributed by atoms with E-state index < -0.39 is 35.4 Å². The van der Waals surface area contributed by atoms with E-state index in [9.17, 15) is 24.0 Å². The van der Waals surface area contributed by atoms with E-state index in [2.05, 4.69) is 4.74 Å². The molecule has 7 nitrogen and oxygen atoms in total. The van der Waals surface area contributed by atoms with Crippen LogP contribution in [0.5, 0.6) is 0 Å². The second-order valence-electron chi connectivity index (χ2n) is 5.87. The highest BCUT2D eigenvalue weighted by Gasteiger charge is 2.39. The van der Waals surface area contributed by atoms with Crippen molar-refractivity contribution in [2.24, 2.45) is 0 Å². The zero-order valence-corrected chi connectivity index (χ0v) is 13.4. The van der Waals surface area contributed by atoms with Crippen molar-refractivity contribution in [1.82, 2.24) is 0 Å². The number of cyclic esters (lactones) is 2. The molecule has 4 rings (SSSR count). The quantitative estimate of drug-likeness (QED) is 0.471. The predicted molar refractivity (Wildman–Crippen MR) is 85.5 cm³/mol. The molecular weight excluding hydrogens is 340 g/mol. The van der Waals surface area contributed by atoms with Gasteiger partial charge in [-0.1, -0.05) is 12.1 Å². The van der Waals surface area contributed by atoms with Crippen LogP contribution in [-0.2, 0) is 9.47 Å². The van der Waals surface area contributed by atoms with Crippen molar-refractivity contribution in [3.8, 4) is 0 Å². The van der Waals surface area contributed by atoms with Crippen LogP contribution in [-0.4, -0.2) is 42.5 Å². The first-order chi connectivity index (χ1) is 12.4. The first-order valence-corrected chi connectivity index (χ1v) is 7.63. The van der Waals surface area contributed by atoms with Gasteiger partial charge < -0.3 is 9.47 Å². The summed E-state index contributed by atoms with van der Waals surface area (Å²) in [5.41, 5.74) is 0.802. The molecule has 0 saturated heterocycles. The van der Waals surface area contributed by atoms with Crippen molar-refractivity contribution in [2.75, 3.05) is 7.11 Å². The molecule has 1 aliphatic carbocycles. The highest BCUT2D eigenvalue weighted by Crippen LogP contribution is 2.27. The summed E-state index contributed by atoms with van der Waals surface area (Å²) in [6, 6.07) is 8.21. The summed E-state index contributed by atoms with van der Waals surface area (Å²) in [6.07, 6.45) is -1.18. The summed E-state index contributed by atoms with van der Waals surface area (Å²) >= 11 is 0. The van der Waals surface area contributed by atoms with Gasteiger partial charge in [0.1, 0.15) is 0 Å². The summed E-state index contributed by atoms with van der Waals surface area (Å²) in [5, 5.41) is 0. The minimum absolute atomic E-state index is 0.0210. The molecule has 0 bridgehead atoms. The third kappa shape index (κ3) is 2.14. The summed E-state index contributed by atoms with van der Waals surface area (Å²) in [6.45, 7) is 0. The molecule has 2 aromatic rings. The number of fused-ring (bicyclic) bond motifs is 2. The third-order valence-corrected chi connectivity index (χ3v) is 4.43. The van der Waals surface area contributed by atoms with E-state index in [1.165, 1.54) is 43.5 Å². The van der Waals surface area contributed by atoms with Crippen molar-refractivity contribution in [3.63, 3.8) is 0 Å². The molecule has 2 aromatic carbocycles. The highest BCUT2D eigenvalue weighted by molar-refractivity contribution is 6.29. The van der Waals surface area contributed by atoms with Gasteiger partial charge in [-0.2, -0.15) is 0 Å². The number of carbonyl (C=O) groups is 5. The van der Waals surface area contributed by atoms with Gasteiger partial charge in [-0.3, -0.25) is 14.4 Å². The van der Waals surface area contributed by atoms with E-state index in [4.69, 9.17) is 4.74 Å². The number of ether oxygens (including phenoxy) is 2. The topological polar surface area (TPSA) is 104 Å². The maximum Gasteiger partial charge on any atom is 0.346 e. The summed E-state index contributed by atoms with van der Waals surface area (Å²) in [7, 11) is 1.27. The minimum atomic E-state index is -1.18. The number of benzene rings is 2. The second-order valence-corrected chi connectivity index (χ2v) is 5.87. The highest BCUT2D eigenvalue weighted by atomic mass is 16.6. The average Bonchev–Trinajstić information content (AvgIpc) is 3.07. The molecule has 0 saturated carbocycles. The molecule has 0 radical (unpaired) electrons. The molecule has 7 heteroatoms. The molecular formula is C19H10O7. The van der Waals surface area contributed by atoms with E-state index in [0.29, 0.717) is 0 Å². The van der Waals surface area contributed by atoms with Crippen molar-refractivity contribution in [3.05, 3.63) is 69.8 Å². The zero-order valence-electron chi connectivity index (χ0n) is 13.4. The molecule has 0 N–H and O–H groups in total. The Morgan fingerprint density at radius 3 is 2.00 bits per heavy atom. The lowest BCUT2D eigenvalue weighted by atomic mass is 9.96. The van der Waals surface area contributed by atoms with Crippen molar-refractivity contribution in [1.29, 1.82) is 0 Å². The molecule has 0 amide bonds. The first kappa shape index (κ1) is 16.0. The van der Waals surface area contributed by atoms with Crippen LogP contribution in [0.3, 0.4) is 0 Å². The Hall–Kier alpha value is -3.45. The Bertz CT molecular complexity index is 1050. The van der Waals surface area contributed by atoms with Crippen molar-refractivity contribution >= 4 is 29.3 Å². The van der Waals surface area contributed by atoms with Gasteiger partial charge >= 0.3 is 11.9 Å². The molecule has 0 spiro atoms. The van der Waals surface area contributed by atoms with Crippen LogP contribution < -0.4 is 0 Å². The van der Waals surface area contributed by atoms with Crippen LogP contribution in [0, 0.1) is 0 Å². The van der Waals surface area contributed by atoms with Gasteiger partial charge in [-0.15, -0.1) is 0 Å². The number of Topliss-reactive ketones (excluding diaryl/α,β-unsaturated/α-hetero) is 2. The van der Waals surface area contributed by atoms with Crippen LogP contribution >= 0.6 is 0 Å². The summed E-state index contributed by atoms with van der Waals surface area (Å²) in [4.78, 5) is 60.1. The van der Waals surface area contributed by atoms with E-state index in [0.717, 1.165) is 0 Å². The molecule has 0 fully saturated rings. The fraction of sp³-hybridized carbons (Fsp3) is 0.105. The number of carbonyl (C=O) groups excluding carboxylic acids is 5.